The van der Waals surface area contributed by atoms with E-state index in [4.69, 9.17) is 17.3 Å². The summed E-state index contributed by atoms with van der Waals surface area (Å²) in [6.45, 7) is 0.707. The third-order valence-corrected chi connectivity index (χ3v) is 4.46. The highest BCUT2D eigenvalue weighted by atomic mass is 35.5. The fraction of sp³-hybridized carbons (Fsp3) is 0.400. The summed E-state index contributed by atoms with van der Waals surface area (Å²) in [5.41, 5.74) is 8.55. The van der Waals surface area contributed by atoms with E-state index < -0.39 is 0 Å². The average Bonchev–Trinajstić information content (AvgIpc) is 2.88. The molecule has 0 bridgehead atoms. The largest absolute Gasteiger partial charge is 0.330 e. The molecular formula is C15H17ClN2. The van der Waals surface area contributed by atoms with Gasteiger partial charge in [-0.1, -0.05) is 24.4 Å². The van der Waals surface area contributed by atoms with Gasteiger partial charge in [0.25, 0.3) is 0 Å². The molecule has 0 radical (unpaired) electrons. The first-order valence-electron chi connectivity index (χ1n) is 6.50. The van der Waals surface area contributed by atoms with Crippen molar-refractivity contribution in [2.45, 2.75) is 31.1 Å². The Hall–Kier alpha value is -1.12. The number of aromatic nitrogens is 1. The van der Waals surface area contributed by atoms with E-state index in [-0.39, 0.29) is 5.41 Å². The standard InChI is InChI=1S/C15H17ClN2/c16-11-3-4-14-12(9-11)13(5-8-18-14)15(10-17)6-1-2-7-15/h3-5,8-9H,1-2,6-7,10,17H2. The van der Waals surface area contributed by atoms with Gasteiger partial charge in [0.1, 0.15) is 0 Å². The number of hydrogen-bond acceptors (Lipinski definition) is 2. The van der Waals surface area contributed by atoms with E-state index in [1.54, 1.807) is 0 Å². The number of fused-ring (bicyclic) bond motifs is 1. The van der Waals surface area contributed by atoms with Crippen molar-refractivity contribution < 1.29 is 0 Å². The molecule has 3 rings (SSSR count). The summed E-state index contributed by atoms with van der Waals surface area (Å²) in [4.78, 5) is 4.42. The molecule has 1 aromatic heterocycles. The molecule has 1 aromatic carbocycles. The molecule has 0 amide bonds. The topological polar surface area (TPSA) is 38.9 Å². The Morgan fingerprint density at radius 2 is 2.00 bits per heavy atom. The van der Waals surface area contributed by atoms with Gasteiger partial charge in [-0.25, -0.2) is 0 Å². The van der Waals surface area contributed by atoms with Gasteiger partial charge in [0.05, 0.1) is 5.52 Å². The smallest absolute Gasteiger partial charge is 0.0705 e. The zero-order valence-electron chi connectivity index (χ0n) is 10.3. The van der Waals surface area contributed by atoms with E-state index in [9.17, 15) is 0 Å². The molecule has 2 aromatic rings. The lowest BCUT2D eigenvalue weighted by Crippen LogP contribution is -2.32. The maximum atomic E-state index is 6.13. The Labute approximate surface area is 112 Å². The quantitative estimate of drug-likeness (QED) is 0.895. The molecule has 18 heavy (non-hydrogen) atoms. The van der Waals surface area contributed by atoms with Crippen LogP contribution in [0.5, 0.6) is 0 Å². The van der Waals surface area contributed by atoms with Crippen molar-refractivity contribution in [3.05, 3.63) is 41.0 Å². The van der Waals surface area contributed by atoms with Crippen molar-refractivity contribution in [1.29, 1.82) is 0 Å². The summed E-state index contributed by atoms with van der Waals surface area (Å²) >= 11 is 6.13. The van der Waals surface area contributed by atoms with Crippen LogP contribution in [-0.2, 0) is 5.41 Å². The summed E-state index contributed by atoms with van der Waals surface area (Å²) in [6.07, 6.45) is 6.77. The molecule has 1 aliphatic rings. The van der Waals surface area contributed by atoms with Gasteiger partial charge in [-0.3, -0.25) is 4.98 Å². The van der Waals surface area contributed by atoms with Crippen LogP contribution in [0.2, 0.25) is 5.02 Å². The monoisotopic (exact) mass is 260 g/mol. The van der Waals surface area contributed by atoms with Crippen molar-refractivity contribution in [3.8, 4) is 0 Å². The maximum Gasteiger partial charge on any atom is 0.0705 e. The molecule has 1 saturated carbocycles. The fourth-order valence-electron chi connectivity index (χ4n) is 3.22. The van der Waals surface area contributed by atoms with Gasteiger partial charge in [-0.15, -0.1) is 0 Å². The van der Waals surface area contributed by atoms with Crippen molar-refractivity contribution >= 4 is 22.5 Å². The molecule has 2 N–H and O–H groups in total. The first-order chi connectivity index (χ1) is 8.75. The minimum absolute atomic E-state index is 0.131. The first-order valence-corrected chi connectivity index (χ1v) is 6.88. The number of halogens is 1. The average molecular weight is 261 g/mol. The van der Waals surface area contributed by atoms with Gasteiger partial charge in [-0.05, 0) is 42.7 Å². The van der Waals surface area contributed by atoms with Gasteiger partial charge < -0.3 is 5.73 Å². The SMILES string of the molecule is NCC1(c2ccnc3ccc(Cl)cc23)CCCC1. The lowest BCUT2D eigenvalue weighted by atomic mass is 9.77. The van der Waals surface area contributed by atoms with Crippen LogP contribution in [0.4, 0.5) is 0 Å². The minimum Gasteiger partial charge on any atom is -0.330 e. The van der Waals surface area contributed by atoms with E-state index in [0.29, 0.717) is 6.54 Å². The molecule has 94 valence electrons. The molecule has 2 nitrogen and oxygen atoms in total. The lowest BCUT2D eigenvalue weighted by molar-refractivity contribution is 0.456. The summed E-state index contributed by atoms with van der Waals surface area (Å²) in [5, 5.41) is 1.93. The summed E-state index contributed by atoms with van der Waals surface area (Å²) in [5.74, 6) is 0. The predicted octanol–water partition coefficient (Wildman–Crippen LogP) is 3.66. The number of nitrogens with two attached hydrogens (primary N) is 1. The minimum atomic E-state index is 0.131. The van der Waals surface area contributed by atoms with Crippen LogP contribution in [0.3, 0.4) is 0 Å². The Morgan fingerprint density at radius 3 is 2.72 bits per heavy atom. The van der Waals surface area contributed by atoms with Crippen molar-refractivity contribution in [1.82, 2.24) is 4.98 Å². The van der Waals surface area contributed by atoms with E-state index in [2.05, 4.69) is 11.1 Å². The molecule has 0 spiro atoms. The highest BCUT2D eigenvalue weighted by Crippen LogP contribution is 2.42. The van der Waals surface area contributed by atoms with E-state index in [0.717, 1.165) is 15.9 Å². The molecule has 1 aliphatic carbocycles. The van der Waals surface area contributed by atoms with Gasteiger partial charge >= 0.3 is 0 Å². The molecule has 0 unspecified atom stereocenters. The van der Waals surface area contributed by atoms with Gasteiger partial charge in [0, 0.05) is 28.6 Å². The highest BCUT2D eigenvalue weighted by molar-refractivity contribution is 6.31. The third-order valence-electron chi connectivity index (χ3n) is 4.23. The van der Waals surface area contributed by atoms with Crippen molar-refractivity contribution in [3.63, 3.8) is 0 Å². The Morgan fingerprint density at radius 1 is 1.22 bits per heavy atom. The van der Waals surface area contributed by atoms with Crippen LogP contribution in [0.15, 0.2) is 30.5 Å². The maximum absolute atomic E-state index is 6.13. The third kappa shape index (κ3) is 1.80. The van der Waals surface area contributed by atoms with Crippen LogP contribution >= 0.6 is 11.6 Å². The van der Waals surface area contributed by atoms with Crippen molar-refractivity contribution in [2.24, 2.45) is 5.73 Å². The number of pyridine rings is 1. The molecular weight excluding hydrogens is 244 g/mol. The fourth-order valence-corrected chi connectivity index (χ4v) is 3.39. The molecule has 0 aliphatic heterocycles. The Bertz CT molecular complexity index is 574. The normalized spacial score (nSPS) is 18.3. The van der Waals surface area contributed by atoms with Crippen LogP contribution in [0.1, 0.15) is 31.2 Å². The zero-order chi connectivity index (χ0) is 12.6. The molecule has 0 saturated heterocycles. The summed E-state index contributed by atoms with van der Waals surface area (Å²) < 4.78 is 0. The number of benzene rings is 1. The molecule has 0 atom stereocenters. The molecule has 3 heteroatoms. The van der Waals surface area contributed by atoms with Crippen molar-refractivity contribution in [2.75, 3.05) is 6.54 Å². The summed E-state index contributed by atoms with van der Waals surface area (Å²) in [7, 11) is 0. The molecule has 1 heterocycles. The van der Waals surface area contributed by atoms with E-state index >= 15 is 0 Å². The first kappa shape index (κ1) is 11.9. The number of rotatable bonds is 2. The second-order valence-electron chi connectivity index (χ2n) is 5.21. The van der Waals surface area contributed by atoms with Gasteiger partial charge in [0.2, 0.25) is 0 Å². The Kier molecular flexibility index (Phi) is 3.00. The molecule has 1 fully saturated rings. The van der Waals surface area contributed by atoms with Crippen LogP contribution in [0.25, 0.3) is 10.9 Å². The van der Waals surface area contributed by atoms with Crippen LogP contribution in [0, 0.1) is 0 Å². The highest BCUT2D eigenvalue weighted by Gasteiger charge is 2.35. The van der Waals surface area contributed by atoms with Crippen LogP contribution in [-0.4, -0.2) is 11.5 Å². The van der Waals surface area contributed by atoms with Crippen LogP contribution < -0.4 is 5.73 Å². The summed E-state index contributed by atoms with van der Waals surface area (Å²) in [6, 6.07) is 8.02. The zero-order valence-corrected chi connectivity index (χ0v) is 11.1. The van der Waals surface area contributed by atoms with Gasteiger partial charge in [0.15, 0.2) is 0 Å². The number of hydrogen-bond donors (Lipinski definition) is 1. The van der Waals surface area contributed by atoms with E-state index in [1.807, 2.05) is 24.4 Å². The Balaban J connectivity index is 2.24. The second-order valence-corrected chi connectivity index (χ2v) is 5.65. The van der Waals surface area contributed by atoms with Gasteiger partial charge in [-0.2, -0.15) is 0 Å². The predicted molar refractivity (Wildman–Crippen MR) is 76.0 cm³/mol. The lowest BCUT2D eigenvalue weighted by Gasteiger charge is -2.29. The number of nitrogens with zero attached hydrogens (tertiary/aromatic N) is 1. The second kappa shape index (κ2) is 4.52. The van der Waals surface area contributed by atoms with E-state index in [1.165, 1.54) is 31.2 Å².